The molecule has 1 aliphatic rings. The lowest BCUT2D eigenvalue weighted by atomic mass is 9.96. The number of carbonyl (C=O) groups excluding carboxylic acids is 1. The fraction of sp³-hybridized carbons (Fsp3) is 0.240. The molecule has 1 unspecified atom stereocenters. The molecule has 4 rings (SSSR count). The van der Waals surface area contributed by atoms with Crippen LogP contribution in [0.25, 0.3) is 0 Å². The quantitative estimate of drug-likeness (QED) is 0.660. The second kappa shape index (κ2) is 8.39. The molecule has 1 amide bonds. The van der Waals surface area contributed by atoms with Crippen molar-refractivity contribution >= 4 is 17.3 Å². The predicted octanol–water partition coefficient (Wildman–Crippen LogP) is 5.14. The van der Waals surface area contributed by atoms with Crippen LogP contribution in [0.5, 0.6) is 5.75 Å². The number of fused-ring (bicyclic) bond motifs is 1. The van der Waals surface area contributed by atoms with Gasteiger partial charge in [-0.15, -0.1) is 0 Å². The van der Waals surface area contributed by atoms with Gasteiger partial charge in [0.2, 0.25) is 0 Å². The first-order chi connectivity index (χ1) is 14.2. The fourth-order valence-corrected chi connectivity index (χ4v) is 4.06. The van der Waals surface area contributed by atoms with Gasteiger partial charge in [0.15, 0.2) is 0 Å². The lowest BCUT2D eigenvalue weighted by Gasteiger charge is -2.37. The molecule has 0 radical (unpaired) electrons. The van der Waals surface area contributed by atoms with Gasteiger partial charge in [-0.1, -0.05) is 54.6 Å². The molecule has 3 aromatic rings. The Morgan fingerprint density at radius 2 is 1.79 bits per heavy atom. The number of ether oxygens (including phenoxy) is 1. The molecule has 0 aromatic heterocycles. The Morgan fingerprint density at radius 1 is 1.03 bits per heavy atom. The average Bonchev–Trinajstić information content (AvgIpc) is 2.75. The Hall–Kier alpha value is -3.27. The molecule has 0 spiro atoms. The summed E-state index contributed by atoms with van der Waals surface area (Å²) in [6.07, 6.45) is 2.07. The van der Waals surface area contributed by atoms with E-state index in [9.17, 15) is 4.79 Å². The van der Waals surface area contributed by atoms with E-state index in [1.165, 1.54) is 5.56 Å². The highest BCUT2D eigenvalue weighted by molar-refractivity contribution is 5.99. The van der Waals surface area contributed by atoms with E-state index < -0.39 is 6.04 Å². The summed E-state index contributed by atoms with van der Waals surface area (Å²) in [6.45, 7) is 2.85. The van der Waals surface area contributed by atoms with Crippen molar-refractivity contribution in [1.82, 2.24) is 0 Å². The van der Waals surface area contributed by atoms with Crippen molar-refractivity contribution in [1.29, 1.82) is 0 Å². The van der Waals surface area contributed by atoms with Crippen LogP contribution in [0.2, 0.25) is 0 Å². The van der Waals surface area contributed by atoms with Crippen LogP contribution in [0.1, 0.15) is 29.2 Å². The van der Waals surface area contributed by atoms with Crippen LogP contribution >= 0.6 is 0 Å². The molecule has 0 bridgehead atoms. The minimum absolute atomic E-state index is 0.0585. The maximum atomic E-state index is 13.6. The molecule has 3 aromatic carbocycles. The van der Waals surface area contributed by atoms with Crippen LogP contribution in [-0.4, -0.2) is 19.6 Å². The van der Waals surface area contributed by atoms with E-state index in [4.69, 9.17) is 4.74 Å². The van der Waals surface area contributed by atoms with Gasteiger partial charge >= 0.3 is 0 Å². The second-order valence-electron chi connectivity index (χ2n) is 7.43. The maximum Gasteiger partial charge on any atom is 0.251 e. The zero-order valence-corrected chi connectivity index (χ0v) is 16.9. The molecule has 0 saturated heterocycles. The number of nitrogens with zero attached hydrogens (tertiary/aromatic N) is 1. The molecule has 29 heavy (non-hydrogen) atoms. The van der Waals surface area contributed by atoms with Crippen molar-refractivity contribution in [2.24, 2.45) is 0 Å². The molecule has 1 atom stereocenters. The number of amides is 1. The Bertz CT molecular complexity index is 1000. The summed E-state index contributed by atoms with van der Waals surface area (Å²) in [5.41, 5.74) is 5.18. The number of anilines is 2. The molecule has 0 aliphatic carbocycles. The molecule has 0 fully saturated rings. The summed E-state index contributed by atoms with van der Waals surface area (Å²) < 4.78 is 5.46. The van der Waals surface area contributed by atoms with E-state index in [1.807, 2.05) is 61.5 Å². The van der Waals surface area contributed by atoms with E-state index in [1.54, 1.807) is 7.11 Å². The van der Waals surface area contributed by atoms with Crippen molar-refractivity contribution in [3.8, 4) is 5.75 Å². The molecule has 4 nitrogen and oxygen atoms in total. The SMILES string of the molecule is COc1ccc(C)cc1NC(=O)C(c1ccccc1)N1CCCc2ccccc21. The molecule has 4 heteroatoms. The van der Waals surface area contributed by atoms with Gasteiger partial charge < -0.3 is 15.0 Å². The first-order valence-electron chi connectivity index (χ1n) is 10.0. The van der Waals surface area contributed by atoms with Gasteiger partial charge in [-0.2, -0.15) is 0 Å². The topological polar surface area (TPSA) is 41.6 Å². The Morgan fingerprint density at radius 3 is 2.59 bits per heavy atom. The maximum absolute atomic E-state index is 13.6. The van der Waals surface area contributed by atoms with Gasteiger partial charge in [-0.25, -0.2) is 0 Å². The summed E-state index contributed by atoms with van der Waals surface area (Å²) in [6, 6.07) is 23.8. The highest BCUT2D eigenvalue weighted by Gasteiger charge is 2.31. The standard InChI is InChI=1S/C25H26N2O2/c1-18-14-15-23(29-2)21(17-18)26-25(28)24(20-10-4-3-5-11-20)27-16-8-12-19-9-6-7-13-22(19)27/h3-7,9-11,13-15,17,24H,8,12,16H2,1-2H3,(H,26,28). The Labute approximate surface area is 172 Å². The third-order valence-corrected chi connectivity index (χ3v) is 5.43. The van der Waals surface area contributed by atoms with E-state index in [2.05, 4.69) is 28.4 Å². The number of rotatable bonds is 5. The molecule has 1 aliphatic heterocycles. The van der Waals surface area contributed by atoms with Crippen molar-refractivity contribution in [3.05, 3.63) is 89.5 Å². The zero-order valence-electron chi connectivity index (χ0n) is 16.9. The lowest BCUT2D eigenvalue weighted by Crippen LogP contribution is -2.40. The van der Waals surface area contributed by atoms with Crippen LogP contribution in [0.4, 0.5) is 11.4 Å². The third kappa shape index (κ3) is 3.97. The van der Waals surface area contributed by atoms with Crippen LogP contribution in [0.15, 0.2) is 72.8 Å². The molecular formula is C25H26N2O2. The minimum atomic E-state index is -0.414. The van der Waals surface area contributed by atoms with Gasteiger partial charge in [0, 0.05) is 12.2 Å². The van der Waals surface area contributed by atoms with E-state index in [0.29, 0.717) is 11.4 Å². The van der Waals surface area contributed by atoms with Gasteiger partial charge in [-0.3, -0.25) is 4.79 Å². The number of hydrogen-bond acceptors (Lipinski definition) is 3. The number of carbonyl (C=O) groups is 1. The van der Waals surface area contributed by atoms with Crippen LogP contribution in [0, 0.1) is 6.92 Å². The molecule has 1 N–H and O–H groups in total. The molecule has 148 valence electrons. The van der Waals surface area contributed by atoms with E-state index >= 15 is 0 Å². The highest BCUT2D eigenvalue weighted by atomic mass is 16.5. The molecule has 1 heterocycles. The van der Waals surface area contributed by atoms with Crippen molar-refractivity contribution in [3.63, 3.8) is 0 Å². The first-order valence-corrected chi connectivity index (χ1v) is 10.0. The molecular weight excluding hydrogens is 360 g/mol. The van der Waals surface area contributed by atoms with Crippen molar-refractivity contribution in [2.45, 2.75) is 25.8 Å². The average molecular weight is 386 g/mol. The number of para-hydroxylation sites is 1. The van der Waals surface area contributed by atoms with Crippen molar-refractivity contribution < 1.29 is 9.53 Å². The van der Waals surface area contributed by atoms with E-state index in [-0.39, 0.29) is 5.91 Å². The van der Waals surface area contributed by atoms with Gasteiger partial charge in [-0.05, 0) is 54.7 Å². The number of aryl methyl sites for hydroxylation is 2. The number of nitrogens with one attached hydrogen (secondary N) is 1. The van der Waals surface area contributed by atoms with Crippen molar-refractivity contribution in [2.75, 3.05) is 23.9 Å². The smallest absolute Gasteiger partial charge is 0.251 e. The minimum Gasteiger partial charge on any atom is -0.495 e. The Kier molecular flexibility index (Phi) is 5.52. The first kappa shape index (κ1) is 19.1. The number of hydrogen-bond donors (Lipinski definition) is 1. The number of methoxy groups -OCH3 is 1. The highest BCUT2D eigenvalue weighted by Crippen LogP contribution is 2.35. The summed E-state index contributed by atoms with van der Waals surface area (Å²) in [7, 11) is 1.62. The third-order valence-electron chi connectivity index (χ3n) is 5.43. The summed E-state index contributed by atoms with van der Waals surface area (Å²) in [5, 5.41) is 3.12. The predicted molar refractivity (Wildman–Crippen MR) is 118 cm³/mol. The second-order valence-corrected chi connectivity index (χ2v) is 7.43. The monoisotopic (exact) mass is 386 g/mol. The van der Waals surface area contributed by atoms with Gasteiger partial charge in [0.05, 0.1) is 12.8 Å². The van der Waals surface area contributed by atoms with Crippen LogP contribution in [0.3, 0.4) is 0 Å². The number of benzene rings is 3. The van der Waals surface area contributed by atoms with Crippen LogP contribution in [-0.2, 0) is 11.2 Å². The Balaban J connectivity index is 1.73. The molecule has 0 saturated carbocycles. The summed E-state index contributed by atoms with van der Waals surface area (Å²) >= 11 is 0. The van der Waals surface area contributed by atoms with Gasteiger partial charge in [0.1, 0.15) is 11.8 Å². The van der Waals surface area contributed by atoms with Crippen LogP contribution < -0.4 is 15.0 Å². The normalized spacial score (nSPS) is 14.1. The lowest BCUT2D eigenvalue weighted by molar-refractivity contribution is -0.117. The van der Waals surface area contributed by atoms with Gasteiger partial charge in [0.25, 0.3) is 5.91 Å². The fourth-order valence-electron chi connectivity index (χ4n) is 4.06. The summed E-state index contributed by atoms with van der Waals surface area (Å²) in [5.74, 6) is 0.603. The zero-order chi connectivity index (χ0) is 20.2. The largest absolute Gasteiger partial charge is 0.495 e. The van der Waals surface area contributed by atoms with E-state index in [0.717, 1.165) is 36.2 Å². The summed E-state index contributed by atoms with van der Waals surface area (Å²) in [4.78, 5) is 15.8.